The van der Waals surface area contributed by atoms with Crippen molar-refractivity contribution >= 4 is 11.2 Å². The Labute approximate surface area is 169 Å². The first-order chi connectivity index (χ1) is 14.1. The van der Waals surface area contributed by atoms with Gasteiger partial charge in [0.1, 0.15) is 0 Å². The maximum Gasteiger partial charge on any atom is 0.349 e. The fourth-order valence-corrected chi connectivity index (χ4v) is 4.16. The molecular weight excluding hydrogens is 362 g/mol. The number of hydrogen-bond acceptors (Lipinski definition) is 4. The van der Waals surface area contributed by atoms with E-state index in [1.54, 1.807) is 16.8 Å². The molecule has 4 heterocycles. The number of aryl methyl sites for hydroxylation is 2. The standard InChI is InChI=1S/C23H23N5O/c1-16-21-14-25-27(15-19-8-3-4-10-24-19)23(29)28(21)17(2)22(16)18-7-5-9-20(13-18)26-11-6-12-26/h3-5,7-10,13-14H,6,11-12,15H2,1-2H3. The molecule has 6 nitrogen and oxygen atoms in total. The number of benzene rings is 1. The molecule has 1 fully saturated rings. The second kappa shape index (κ2) is 6.88. The molecule has 3 aromatic heterocycles. The van der Waals surface area contributed by atoms with Crippen LogP contribution >= 0.6 is 0 Å². The SMILES string of the molecule is Cc1c(-c2cccc(N3CCC3)c2)c(C)n2c(=O)n(Cc3ccccn3)ncc12. The molecule has 0 atom stereocenters. The average molecular weight is 385 g/mol. The molecule has 6 heteroatoms. The van der Waals surface area contributed by atoms with Crippen molar-refractivity contribution in [2.24, 2.45) is 0 Å². The van der Waals surface area contributed by atoms with E-state index in [9.17, 15) is 4.79 Å². The van der Waals surface area contributed by atoms with Gasteiger partial charge in [-0.15, -0.1) is 0 Å². The van der Waals surface area contributed by atoms with Crippen LogP contribution in [0, 0.1) is 13.8 Å². The van der Waals surface area contributed by atoms with Crippen LogP contribution in [0.25, 0.3) is 16.6 Å². The van der Waals surface area contributed by atoms with Gasteiger partial charge in [-0.25, -0.2) is 9.48 Å². The Hall–Kier alpha value is -3.41. The summed E-state index contributed by atoms with van der Waals surface area (Å²) in [5, 5.41) is 4.41. The Bertz CT molecular complexity index is 1250. The highest BCUT2D eigenvalue weighted by molar-refractivity contribution is 5.80. The molecule has 0 spiro atoms. The molecule has 1 saturated heterocycles. The van der Waals surface area contributed by atoms with Gasteiger partial charge in [-0.05, 0) is 55.7 Å². The number of hydrogen-bond donors (Lipinski definition) is 0. The Morgan fingerprint density at radius 3 is 2.66 bits per heavy atom. The molecule has 0 N–H and O–H groups in total. The zero-order valence-corrected chi connectivity index (χ0v) is 16.7. The zero-order valence-electron chi connectivity index (χ0n) is 16.7. The van der Waals surface area contributed by atoms with Crippen LogP contribution in [0.2, 0.25) is 0 Å². The maximum absolute atomic E-state index is 13.2. The molecule has 1 aliphatic heterocycles. The Morgan fingerprint density at radius 2 is 1.93 bits per heavy atom. The van der Waals surface area contributed by atoms with Crippen LogP contribution in [0.15, 0.2) is 59.7 Å². The number of rotatable bonds is 4. The van der Waals surface area contributed by atoms with Crippen molar-refractivity contribution in [3.8, 4) is 11.1 Å². The van der Waals surface area contributed by atoms with E-state index < -0.39 is 0 Å². The van der Waals surface area contributed by atoms with Gasteiger partial charge in [-0.3, -0.25) is 9.38 Å². The maximum atomic E-state index is 13.2. The van der Waals surface area contributed by atoms with Crippen LogP contribution in [0.4, 0.5) is 5.69 Å². The molecular formula is C23H23N5O. The monoisotopic (exact) mass is 385 g/mol. The summed E-state index contributed by atoms with van der Waals surface area (Å²) in [5.74, 6) is 0. The minimum Gasteiger partial charge on any atom is -0.371 e. The quantitative estimate of drug-likeness (QED) is 0.540. The fourth-order valence-electron chi connectivity index (χ4n) is 4.16. The molecule has 0 unspecified atom stereocenters. The normalized spacial score (nSPS) is 13.7. The van der Waals surface area contributed by atoms with Gasteiger partial charge in [-0.2, -0.15) is 5.10 Å². The highest BCUT2D eigenvalue weighted by atomic mass is 16.2. The third-order valence-corrected chi connectivity index (χ3v) is 5.82. The second-order valence-electron chi connectivity index (χ2n) is 7.60. The van der Waals surface area contributed by atoms with Gasteiger partial charge in [0, 0.05) is 36.2 Å². The van der Waals surface area contributed by atoms with Gasteiger partial charge in [0.15, 0.2) is 0 Å². The molecule has 29 heavy (non-hydrogen) atoms. The van der Waals surface area contributed by atoms with Gasteiger partial charge in [-0.1, -0.05) is 18.2 Å². The molecule has 1 aromatic carbocycles. The van der Waals surface area contributed by atoms with Crippen LogP contribution in [0.3, 0.4) is 0 Å². The number of aromatic nitrogens is 4. The van der Waals surface area contributed by atoms with Crippen molar-refractivity contribution in [3.63, 3.8) is 0 Å². The van der Waals surface area contributed by atoms with Crippen LogP contribution in [0.5, 0.6) is 0 Å². The summed E-state index contributed by atoms with van der Waals surface area (Å²) in [4.78, 5) is 19.9. The lowest BCUT2D eigenvalue weighted by Gasteiger charge is -2.33. The molecule has 0 bridgehead atoms. The summed E-state index contributed by atoms with van der Waals surface area (Å²) < 4.78 is 3.25. The lowest BCUT2D eigenvalue weighted by molar-refractivity contribution is 0.596. The third kappa shape index (κ3) is 2.92. The summed E-state index contributed by atoms with van der Waals surface area (Å²) in [6.07, 6.45) is 4.77. The minimum atomic E-state index is -0.140. The number of anilines is 1. The predicted molar refractivity (Wildman–Crippen MR) is 115 cm³/mol. The molecule has 1 aliphatic rings. The number of pyridine rings is 1. The van der Waals surface area contributed by atoms with Gasteiger partial charge >= 0.3 is 5.69 Å². The van der Waals surface area contributed by atoms with E-state index in [1.165, 1.54) is 16.8 Å². The molecule has 5 rings (SSSR count). The Kier molecular flexibility index (Phi) is 4.19. The first kappa shape index (κ1) is 17.7. The number of fused-ring (bicyclic) bond motifs is 1. The first-order valence-corrected chi connectivity index (χ1v) is 9.96. The van der Waals surface area contributed by atoms with Crippen molar-refractivity contribution in [2.45, 2.75) is 26.8 Å². The van der Waals surface area contributed by atoms with Gasteiger partial charge in [0.05, 0.1) is 24.0 Å². The van der Waals surface area contributed by atoms with Crippen molar-refractivity contribution in [1.82, 2.24) is 19.2 Å². The lowest BCUT2D eigenvalue weighted by atomic mass is 10.0. The third-order valence-electron chi connectivity index (χ3n) is 5.82. The molecule has 0 radical (unpaired) electrons. The van der Waals surface area contributed by atoms with E-state index in [0.29, 0.717) is 6.54 Å². The smallest absolute Gasteiger partial charge is 0.349 e. The van der Waals surface area contributed by atoms with E-state index >= 15 is 0 Å². The highest BCUT2D eigenvalue weighted by Gasteiger charge is 2.20. The highest BCUT2D eigenvalue weighted by Crippen LogP contribution is 2.34. The van der Waals surface area contributed by atoms with Crippen molar-refractivity contribution in [1.29, 1.82) is 0 Å². The van der Waals surface area contributed by atoms with Crippen LogP contribution in [-0.2, 0) is 6.54 Å². The van der Waals surface area contributed by atoms with Crippen LogP contribution in [0.1, 0.15) is 23.4 Å². The van der Waals surface area contributed by atoms with E-state index in [0.717, 1.165) is 46.7 Å². The summed E-state index contributed by atoms with van der Waals surface area (Å²) in [7, 11) is 0. The predicted octanol–water partition coefficient (Wildman–Crippen LogP) is 3.43. The van der Waals surface area contributed by atoms with Crippen molar-refractivity contribution in [3.05, 3.63) is 82.3 Å². The Morgan fingerprint density at radius 1 is 1.07 bits per heavy atom. The van der Waals surface area contributed by atoms with E-state index in [2.05, 4.69) is 46.2 Å². The summed E-state index contributed by atoms with van der Waals surface area (Å²) in [6.45, 7) is 6.66. The second-order valence-corrected chi connectivity index (χ2v) is 7.60. The Balaban J connectivity index is 1.63. The molecule has 0 amide bonds. The van der Waals surface area contributed by atoms with Gasteiger partial charge < -0.3 is 4.90 Å². The van der Waals surface area contributed by atoms with E-state index in [1.807, 2.05) is 25.1 Å². The molecule has 0 saturated carbocycles. The fraction of sp³-hybridized carbons (Fsp3) is 0.261. The summed E-state index contributed by atoms with van der Waals surface area (Å²) in [6, 6.07) is 14.3. The summed E-state index contributed by atoms with van der Waals surface area (Å²) in [5.41, 5.74) is 7.05. The largest absolute Gasteiger partial charge is 0.371 e. The minimum absolute atomic E-state index is 0.140. The summed E-state index contributed by atoms with van der Waals surface area (Å²) >= 11 is 0. The topological polar surface area (TPSA) is 55.4 Å². The van der Waals surface area contributed by atoms with Gasteiger partial charge in [0.2, 0.25) is 0 Å². The first-order valence-electron chi connectivity index (χ1n) is 9.96. The molecule has 4 aromatic rings. The van der Waals surface area contributed by atoms with Crippen molar-refractivity contribution < 1.29 is 0 Å². The van der Waals surface area contributed by atoms with E-state index in [-0.39, 0.29) is 5.69 Å². The van der Waals surface area contributed by atoms with Gasteiger partial charge in [0.25, 0.3) is 0 Å². The average Bonchev–Trinajstić information content (AvgIpc) is 2.94. The van der Waals surface area contributed by atoms with E-state index in [4.69, 9.17) is 0 Å². The molecule has 0 aliphatic carbocycles. The van der Waals surface area contributed by atoms with Crippen molar-refractivity contribution in [2.75, 3.05) is 18.0 Å². The number of nitrogens with zero attached hydrogens (tertiary/aromatic N) is 5. The lowest BCUT2D eigenvalue weighted by Crippen LogP contribution is -2.36. The van der Waals surface area contributed by atoms with Crippen LogP contribution in [-0.4, -0.2) is 32.3 Å². The molecule has 146 valence electrons. The zero-order chi connectivity index (χ0) is 20.0. The van der Waals surface area contributed by atoms with Crippen LogP contribution < -0.4 is 10.6 Å².